The molecule has 0 bridgehead atoms. The predicted molar refractivity (Wildman–Crippen MR) is 70.4 cm³/mol. The van der Waals surface area contributed by atoms with E-state index in [4.69, 9.17) is 5.73 Å². The first-order valence-electron chi connectivity index (χ1n) is 5.26. The molecule has 3 nitrogen and oxygen atoms in total. The number of hydrogen-bond donors (Lipinski definition) is 1. The summed E-state index contributed by atoms with van der Waals surface area (Å²) >= 11 is 1.51. The monoisotopic (exact) mass is 233 g/mol. The van der Waals surface area contributed by atoms with E-state index in [1.165, 1.54) is 16.9 Å². The molecule has 0 spiro atoms. The fourth-order valence-corrected chi connectivity index (χ4v) is 2.32. The highest BCUT2D eigenvalue weighted by Crippen LogP contribution is 2.30. The molecule has 0 aliphatic carbocycles. The molecule has 0 saturated carbocycles. The summed E-state index contributed by atoms with van der Waals surface area (Å²) in [5.74, 6) is 0. The van der Waals surface area contributed by atoms with Crippen LogP contribution < -0.4 is 10.6 Å². The lowest BCUT2D eigenvalue weighted by molar-refractivity contribution is 1.01. The summed E-state index contributed by atoms with van der Waals surface area (Å²) < 4.78 is 0. The van der Waals surface area contributed by atoms with Gasteiger partial charge in [-0.25, -0.2) is 4.98 Å². The number of rotatable bonds is 3. The van der Waals surface area contributed by atoms with E-state index in [1.807, 2.05) is 0 Å². The molecule has 2 rings (SSSR count). The van der Waals surface area contributed by atoms with E-state index >= 15 is 0 Å². The molecule has 0 fully saturated rings. The average Bonchev–Trinajstić information content (AvgIpc) is 2.69. The van der Waals surface area contributed by atoms with Crippen LogP contribution in [-0.2, 0) is 0 Å². The van der Waals surface area contributed by atoms with Gasteiger partial charge in [0.25, 0.3) is 0 Å². The Balaban J connectivity index is 2.32. The highest BCUT2D eigenvalue weighted by Gasteiger charge is 2.10. The molecule has 1 aromatic carbocycles. The van der Waals surface area contributed by atoms with E-state index in [-0.39, 0.29) is 0 Å². The lowest BCUT2D eigenvalue weighted by atomic mass is 10.2. The summed E-state index contributed by atoms with van der Waals surface area (Å²) in [7, 11) is 0. The zero-order valence-corrected chi connectivity index (χ0v) is 10.3. The van der Waals surface area contributed by atoms with Crippen LogP contribution in [0.15, 0.2) is 30.5 Å². The molecule has 2 aromatic rings. The van der Waals surface area contributed by atoms with Crippen molar-refractivity contribution in [2.45, 2.75) is 13.8 Å². The Labute approximate surface area is 99.5 Å². The highest BCUT2D eigenvalue weighted by atomic mass is 32.1. The van der Waals surface area contributed by atoms with Crippen molar-refractivity contribution in [1.29, 1.82) is 0 Å². The molecule has 0 radical (unpaired) electrons. The quantitative estimate of drug-likeness (QED) is 0.885. The van der Waals surface area contributed by atoms with Crippen molar-refractivity contribution in [3.8, 4) is 0 Å². The highest BCUT2D eigenvalue weighted by molar-refractivity contribution is 7.19. The largest absolute Gasteiger partial charge is 0.389 e. The number of nitrogen functional groups attached to an aromatic ring is 1. The molecule has 16 heavy (non-hydrogen) atoms. The Morgan fingerprint density at radius 3 is 2.50 bits per heavy atom. The lowest BCUT2D eigenvalue weighted by Gasteiger charge is -2.19. The van der Waals surface area contributed by atoms with Gasteiger partial charge in [0, 0.05) is 12.2 Å². The number of hydrogen-bond acceptors (Lipinski definition) is 4. The van der Waals surface area contributed by atoms with Crippen LogP contribution in [0.4, 0.5) is 15.8 Å². The first kappa shape index (κ1) is 11.0. The standard InChI is InChI=1S/C12H15N3S/c1-3-15(12-14-8-11(13)16-12)10-6-4-9(2)5-7-10/h4-8H,3,13H2,1-2H3. The molecular weight excluding hydrogens is 218 g/mol. The van der Waals surface area contributed by atoms with Gasteiger partial charge in [-0.3, -0.25) is 0 Å². The van der Waals surface area contributed by atoms with Crippen molar-refractivity contribution in [3.05, 3.63) is 36.0 Å². The topological polar surface area (TPSA) is 42.2 Å². The minimum Gasteiger partial charge on any atom is -0.389 e. The Bertz CT molecular complexity index is 461. The molecule has 84 valence electrons. The molecular formula is C12H15N3S. The third-order valence-corrected chi connectivity index (χ3v) is 3.25. The van der Waals surface area contributed by atoms with E-state index in [0.717, 1.165) is 22.4 Å². The van der Waals surface area contributed by atoms with Crippen LogP contribution in [0.2, 0.25) is 0 Å². The fraction of sp³-hybridized carbons (Fsp3) is 0.250. The van der Waals surface area contributed by atoms with Crippen LogP contribution in [0, 0.1) is 6.92 Å². The van der Waals surface area contributed by atoms with Crippen LogP contribution in [0.25, 0.3) is 0 Å². The SMILES string of the molecule is CCN(c1ccc(C)cc1)c1ncc(N)s1. The molecule has 0 saturated heterocycles. The summed E-state index contributed by atoms with van der Waals surface area (Å²) in [5.41, 5.74) is 8.12. The Hall–Kier alpha value is -1.55. The summed E-state index contributed by atoms with van der Waals surface area (Å²) in [6.45, 7) is 5.08. The average molecular weight is 233 g/mol. The number of benzene rings is 1. The summed E-state index contributed by atoms with van der Waals surface area (Å²) in [6, 6.07) is 8.43. The maximum atomic E-state index is 5.70. The van der Waals surface area contributed by atoms with Crippen molar-refractivity contribution in [3.63, 3.8) is 0 Å². The minimum absolute atomic E-state index is 0.751. The van der Waals surface area contributed by atoms with Gasteiger partial charge in [0.2, 0.25) is 0 Å². The van der Waals surface area contributed by atoms with Crippen molar-refractivity contribution in [2.75, 3.05) is 17.2 Å². The normalized spacial score (nSPS) is 10.4. The van der Waals surface area contributed by atoms with Gasteiger partial charge < -0.3 is 10.6 Å². The van der Waals surface area contributed by atoms with Crippen molar-refractivity contribution < 1.29 is 0 Å². The lowest BCUT2D eigenvalue weighted by Crippen LogP contribution is -2.15. The molecule has 4 heteroatoms. The number of anilines is 3. The van der Waals surface area contributed by atoms with E-state index in [9.17, 15) is 0 Å². The molecule has 0 amide bonds. The maximum Gasteiger partial charge on any atom is 0.191 e. The molecule has 0 unspecified atom stereocenters. The summed E-state index contributed by atoms with van der Waals surface area (Å²) in [6.07, 6.45) is 1.71. The molecule has 0 aliphatic heterocycles. The molecule has 0 aliphatic rings. The van der Waals surface area contributed by atoms with Crippen molar-refractivity contribution in [2.24, 2.45) is 0 Å². The van der Waals surface area contributed by atoms with Crippen LogP contribution in [0.5, 0.6) is 0 Å². The second kappa shape index (κ2) is 4.53. The third-order valence-electron chi connectivity index (χ3n) is 2.40. The van der Waals surface area contributed by atoms with Crippen LogP contribution >= 0.6 is 11.3 Å². The molecule has 0 atom stereocenters. The van der Waals surface area contributed by atoms with E-state index < -0.39 is 0 Å². The number of aryl methyl sites for hydroxylation is 1. The first-order chi connectivity index (χ1) is 7.70. The smallest absolute Gasteiger partial charge is 0.191 e. The Kier molecular flexibility index (Phi) is 3.10. The molecule has 1 aromatic heterocycles. The summed E-state index contributed by atoms with van der Waals surface area (Å²) in [5, 5.41) is 1.70. The van der Waals surface area contributed by atoms with Gasteiger partial charge in [-0.15, -0.1) is 0 Å². The van der Waals surface area contributed by atoms with Gasteiger partial charge in [0.15, 0.2) is 5.13 Å². The van der Waals surface area contributed by atoms with E-state index in [2.05, 4.69) is 48.0 Å². The maximum absolute atomic E-state index is 5.70. The van der Waals surface area contributed by atoms with Crippen molar-refractivity contribution in [1.82, 2.24) is 4.98 Å². The van der Waals surface area contributed by atoms with Gasteiger partial charge in [0.1, 0.15) is 5.00 Å². The van der Waals surface area contributed by atoms with Gasteiger partial charge in [-0.05, 0) is 26.0 Å². The van der Waals surface area contributed by atoms with Crippen molar-refractivity contribution >= 4 is 27.2 Å². The zero-order chi connectivity index (χ0) is 11.5. The van der Waals surface area contributed by atoms with E-state index in [0.29, 0.717) is 0 Å². The third kappa shape index (κ3) is 2.17. The Morgan fingerprint density at radius 1 is 1.31 bits per heavy atom. The number of nitrogens with two attached hydrogens (primary N) is 1. The van der Waals surface area contributed by atoms with Crippen LogP contribution in [-0.4, -0.2) is 11.5 Å². The van der Waals surface area contributed by atoms with Gasteiger partial charge in [-0.1, -0.05) is 29.0 Å². The minimum atomic E-state index is 0.751. The first-order valence-corrected chi connectivity index (χ1v) is 6.08. The van der Waals surface area contributed by atoms with Crippen LogP contribution in [0.3, 0.4) is 0 Å². The second-order valence-electron chi connectivity index (χ2n) is 3.63. The zero-order valence-electron chi connectivity index (χ0n) is 9.47. The van der Waals surface area contributed by atoms with Gasteiger partial charge in [-0.2, -0.15) is 0 Å². The molecule has 1 heterocycles. The molecule has 2 N–H and O–H groups in total. The van der Waals surface area contributed by atoms with Crippen LogP contribution in [0.1, 0.15) is 12.5 Å². The summed E-state index contributed by atoms with van der Waals surface area (Å²) in [4.78, 5) is 6.46. The van der Waals surface area contributed by atoms with Gasteiger partial charge in [0.05, 0.1) is 6.20 Å². The number of thiazole rings is 1. The van der Waals surface area contributed by atoms with Gasteiger partial charge >= 0.3 is 0 Å². The Morgan fingerprint density at radius 2 is 2.00 bits per heavy atom. The second-order valence-corrected chi connectivity index (χ2v) is 4.67. The van der Waals surface area contributed by atoms with E-state index in [1.54, 1.807) is 6.20 Å². The predicted octanol–water partition coefficient (Wildman–Crippen LogP) is 3.19. The number of nitrogens with zero attached hydrogens (tertiary/aromatic N) is 2. The number of aromatic nitrogens is 1. The fourth-order valence-electron chi connectivity index (χ4n) is 1.55.